The first-order valence-corrected chi connectivity index (χ1v) is 12.0. The fraction of sp³-hybridized carbons (Fsp3) is 0.636. The van der Waals surface area contributed by atoms with Crippen molar-refractivity contribution in [1.82, 2.24) is 14.3 Å². The van der Waals surface area contributed by atoms with Crippen LogP contribution in [0, 0.1) is 0 Å². The number of nitrogens with zero attached hydrogens (tertiary/aromatic N) is 2. The minimum Gasteiger partial charge on any atom is -0.598 e. The smallest absolute Gasteiger partial charge is 0.261 e. The summed E-state index contributed by atoms with van der Waals surface area (Å²) in [6, 6.07) is 3.21. The molecule has 0 saturated carbocycles. The van der Waals surface area contributed by atoms with Crippen LogP contribution in [0.5, 0.6) is 0 Å². The van der Waals surface area contributed by atoms with E-state index in [9.17, 15) is 9.35 Å². The van der Waals surface area contributed by atoms with Crippen molar-refractivity contribution >= 4 is 33.9 Å². The van der Waals surface area contributed by atoms with E-state index < -0.39 is 16.1 Å². The van der Waals surface area contributed by atoms with Crippen LogP contribution in [-0.4, -0.2) is 32.1 Å². The molecule has 0 radical (unpaired) electrons. The zero-order chi connectivity index (χ0) is 22.2. The second-order valence-electron chi connectivity index (χ2n) is 9.24. The van der Waals surface area contributed by atoms with E-state index >= 15 is 0 Å². The SMILES string of the molecule is CC(C)n1c(C2CCOCC2)nc2c([C@@H](C)N[S@+]([O-])C(C)(C)C)cc(Cl)cc2c1=O. The van der Waals surface area contributed by atoms with Crippen molar-refractivity contribution in [2.24, 2.45) is 0 Å². The van der Waals surface area contributed by atoms with Gasteiger partial charge in [0.15, 0.2) is 0 Å². The van der Waals surface area contributed by atoms with E-state index in [4.69, 9.17) is 21.3 Å². The number of hydrogen-bond donors (Lipinski definition) is 1. The second-order valence-corrected chi connectivity index (χ2v) is 11.7. The monoisotopic (exact) mass is 453 g/mol. The number of halogens is 1. The maximum atomic E-state index is 13.5. The normalized spacial score (nSPS) is 18.2. The van der Waals surface area contributed by atoms with Crippen LogP contribution < -0.4 is 10.3 Å². The summed E-state index contributed by atoms with van der Waals surface area (Å²) in [7, 11) is 0. The van der Waals surface area contributed by atoms with Gasteiger partial charge in [-0.1, -0.05) is 11.6 Å². The van der Waals surface area contributed by atoms with Crippen molar-refractivity contribution in [2.75, 3.05) is 13.2 Å². The van der Waals surface area contributed by atoms with Gasteiger partial charge >= 0.3 is 0 Å². The number of hydrogen-bond acceptors (Lipinski definition) is 5. The van der Waals surface area contributed by atoms with Gasteiger partial charge in [-0.25, -0.2) is 4.98 Å². The average Bonchev–Trinajstić information content (AvgIpc) is 2.67. The molecule has 0 bridgehead atoms. The Morgan fingerprint density at radius 1 is 1.27 bits per heavy atom. The van der Waals surface area contributed by atoms with E-state index in [-0.39, 0.29) is 23.6 Å². The van der Waals surface area contributed by atoms with Gasteiger partial charge in [-0.2, -0.15) is 0 Å². The lowest BCUT2D eigenvalue weighted by molar-refractivity contribution is 0.0823. The third kappa shape index (κ3) is 4.86. The highest BCUT2D eigenvalue weighted by Gasteiger charge is 2.30. The molecule has 2 heterocycles. The summed E-state index contributed by atoms with van der Waals surface area (Å²) in [4.78, 5) is 18.5. The lowest BCUT2D eigenvalue weighted by Crippen LogP contribution is -2.40. The molecular formula is C22H32ClN3O3S. The Kier molecular flexibility index (Phi) is 7.19. The van der Waals surface area contributed by atoms with Crippen molar-refractivity contribution in [3.8, 4) is 0 Å². The molecule has 1 saturated heterocycles. The van der Waals surface area contributed by atoms with Gasteiger partial charge in [0, 0.05) is 47.1 Å². The predicted molar refractivity (Wildman–Crippen MR) is 124 cm³/mol. The standard InChI is InChI=1S/C22H32ClN3O3S/c1-13(2)26-20(15-7-9-29-10-8-15)24-19-17(11-16(23)12-18(19)21(26)27)14(3)25-30(28)22(4,5)6/h11-15,25H,7-10H2,1-6H3/t14-,30-/m1/s1. The summed E-state index contributed by atoms with van der Waals surface area (Å²) in [5.41, 5.74) is 1.34. The summed E-state index contributed by atoms with van der Waals surface area (Å²) in [5.74, 6) is 0.979. The molecule has 1 N–H and O–H groups in total. The van der Waals surface area contributed by atoms with Gasteiger partial charge in [0.2, 0.25) is 0 Å². The van der Waals surface area contributed by atoms with Gasteiger partial charge in [0.05, 0.1) is 16.9 Å². The minimum absolute atomic E-state index is 0.0152. The van der Waals surface area contributed by atoms with Crippen LogP contribution in [0.15, 0.2) is 16.9 Å². The summed E-state index contributed by atoms with van der Waals surface area (Å²) in [6.45, 7) is 13.0. The molecule has 1 fully saturated rings. The number of fused-ring (bicyclic) bond motifs is 1. The highest BCUT2D eigenvalue weighted by atomic mass is 35.5. The first-order valence-electron chi connectivity index (χ1n) is 10.5. The van der Waals surface area contributed by atoms with Crippen molar-refractivity contribution in [3.63, 3.8) is 0 Å². The molecule has 0 aliphatic carbocycles. The molecule has 30 heavy (non-hydrogen) atoms. The second kappa shape index (κ2) is 9.17. The molecule has 0 amide bonds. The molecule has 166 valence electrons. The number of nitrogens with one attached hydrogen (secondary N) is 1. The van der Waals surface area contributed by atoms with E-state index in [1.165, 1.54) is 0 Å². The molecule has 1 aliphatic heterocycles. The van der Waals surface area contributed by atoms with Crippen LogP contribution >= 0.6 is 11.6 Å². The molecule has 2 atom stereocenters. The first kappa shape index (κ1) is 23.5. The quantitative estimate of drug-likeness (QED) is 0.667. The summed E-state index contributed by atoms with van der Waals surface area (Å²) < 4.78 is 22.7. The molecule has 6 nitrogen and oxygen atoms in total. The molecule has 2 aromatic rings. The molecular weight excluding hydrogens is 422 g/mol. The van der Waals surface area contributed by atoms with Crippen LogP contribution in [0.3, 0.4) is 0 Å². The van der Waals surface area contributed by atoms with Gasteiger partial charge in [-0.3, -0.25) is 9.36 Å². The van der Waals surface area contributed by atoms with Crippen LogP contribution in [0.1, 0.15) is 83.8 Å². The van der Waals surface area contributed by atoms with E-state index in [0.29, 0.717) is 29.1 Å². The van der Waals surface area contributed by atoms with Gasteiger partial charge in [-0.15, -0.1) is 4.72 Å². The highest BCUT2D eigenvalue weighted by molar-refractivity contribution is 7.90. The zero-order valence-corrected chi connectivity index (χ0v) is 20.2. The maximum Gasteiger partial charge on any atom is 0.261 e. The number of benzene rings is 1. The van der Waals surface area contributed by atoms with E-state index in [2.05, 4.69) is 4.72 Å². The average molecular weight is 454 g/mol. The Balaban J connectivity index is 2.19. The van der Waals surface area contributed by atoms with Crippen LogP contribution in [0.4, 0.5) is 0 Å². The van der Waals surface area contributed by atoms with E-state index in [1.54, 1.807) is 10.6 Å². The van der Waals surface area contributed by atoms with Gasteiger partial charge in [-0.05, 0) is 66.5 Å². The fourth-order valence-corrected chi connectivity index (χ4v) is 4.81. The lowest BCUT2D eigenvalue weighted by atomic mass is 9.97. The van der Waals surface area contributed by atoms with Crippen molar-refractivity contribution in [3.05, 3.63) is 38.9 Å². The predicted octanol–water partition coefficient (Wildman–Crippen LogP) is 4.64. The molecule has 0 unspecified atom stereocenters. The lowest BCUT2D eigenvalue weighted by Gasteiger charge is -2.28. The minimum atomic E-state index is -1.26. The molecule has 1 aromatic heterocycles. The van der Waals surface area contributed by atoms with Gasteiger partial charge in [0.25, 0.3) is 5.56 Å². The fourth-order valence-electron chi connectivity index (χ4n) is 3.78. The highest BCUT2D eigenvalue weighted by Crippen LogP contribution is 2.32. The topological polar surface area (TPSA) is 79.2 Å². The molecule has 1 aliphatic rings. The van der Waals surface area contributed by atoms with Crippen LogP contribution in [-0.2, 0) is 16.1 Å². The maximum absolute atomic E-state index is 13.5. The molecule has 3 rings (SSSR count). The number of aromatic nitrogens is 2. The number of rotatable bonds is 5. The summed E-state index contributed by atoms with van der Waals surface area (Å²) in [6.07, 6.45) is 1.69. The zero-order valence-electron chi connectivity index (χ0n) is 18.6. The Morgan fingerprint density at radius 3 is 2.47 bits per heavy atom. The Hall–Kier alpha value is -1.12. The largest absolute Gasteiger partial charge is 0.598 e. The van der Waals surface area contributed by atoms with E-state index in [1.807, 2.05) is 47.6 Å². The summed E-state index contributed by atoms with van der Waals surface area (Å²) in [5, 5.41) is 0.970. The van der Waals surface area contributed by atoms with Crippen LogP contribution in [0.25, 0.3) is 10.9 Å². The molecule has 1 aromatic carbocycles. The first-order chi connectivity index (χ1) is 14.0. The van der Waals surface area contributed by atoms with Crippen LogP contribution in [0.2, 0.25) is 5.02 Å². The molecule has 8 heteroatoms. The number of ether oxygens (including phenoxy) is 1. The Morgan fingerprint density at radius 2 is 1.90 bits per heavy atom. The summed E-state index contributed by atoms with van der Waals surface area (Å²) >= 11 is 5.13. The van der Waals surface area contributed by atoms with Crippen molar-refractivity contribution in [1.29, 1.82) is 0 Å². The Bertz CT molecular complexity index is 965. The van der Waals surface area contributed by atoms with Crippen molar-refractivity contribution < 1.29 is 9.29 Å². The van der Waals surface area contributed by atoms with E-state index in [0.717, 1.165) is 24.2 Å². The third-order valence-corrected chi connectivity index (χ3v) is 7.33. The van der Waals surface area contributed by atoms with Gasteiger partial charge in [0.1, 0.15) is 10.6 Å². The van der Waals surface area contributed by atoms with Gasteiger partial charge < -0.3 is 9.29 Å². The Labute approximate surface area is 186 Å². The van der Waals surface area contributed by atoms with Crippen molar-refractivity contribution in [2.45, 2.75) is 77.1 Å². The third-order valence-electron chi connectivity index (χ3n) is 5.44. The molecule has 0 spiro atoms.